The van der Waals surface area contributed by atoms with Crippen molar-refractivity contribution in [3.05, 3.63) is 12.0 Å². The van der Waals surface area contributed by atoms with Crippen LogP contribution in [-0.2, 0) is 6.42 Å². The summed E-state index contributed by atoms with van der Waals surface area (Å²) < 4.78 is 5.01. The molecule has 2 N–H and O–H groups in total. The zero-order chi connectivity index (χ0) is 9.26. The molecule has 2 aromatic rings. The van der Waals surface area contributed by atoms with Crippen molar-refractivity contribution in [2.24, 2.45) is 0 Å². The van der Waals surface area contributed by atoms with Gasteiger partial charge in [0.15, 0.2) is 11.0 Å². The molecule has 0 aliphatic rings. The molecule has 0 saturated heterocycles. The summed E-state index contributed by atoms with van der Waals surface area (Å²) in [5.74, 6) is 1.19. The van der Waals surface area contributed by atoms with E-state index >= 15 is 0 Å². The lowest BCUT2D eigenvalue weighted by atomic mass is 10.5. The number of anilines is 1. The lowest BCUT2D eigenvalue weighted by Gasteiger charge is -1.81. The molecule has 0 unspecified atom stereocenters. The third-order valence-corrected chi connectivity index (χ3v) is 2.33. The van der Waals surface area contributed by atoms with Gasteiger partial charge in [0.2, 0.25) is 0 Å². The van der Waals surface area contributed by atoms with Gasteiger partial charge < -0.3 is 10.3 Å². The molecule has 0 bridgehead atoms. The van der Waals surface area contributed by atoms with Crippen molar-refractivity contribution >= 4 is 16.5 Å². The molecule has 68 valence electrons. The van der Waals surface area contributed by atoms with E-state index in [1.54, 1.807) is 6.20 Å². The molecule has 5 nitrogen and oxygen atoms in total. The molecule has 0 amide bonds. The highest BCUT2D eigenvalue weighted by Crippen LogP contribution is 2.25. The Hall–Kier alpha value is -1.43. The number of aromatic nitrogens is 3. The molecule has 2 aromatic heterocycles. The Morgan fingerprint density at radius 3 is 3.00 bits per heavy atom. The van der Waals surface area contributed by atoms with Gasteiger partial charge >= 0.3 is 0 Å². The molecule has 0 radical (unpaired) electrons. The van der Waals surface area contributed by atoms with Crippen molar-refractivity contribution in [1.82, 2.24) is 15.1 Å². The van der Waals surface area contributed by atoms with Crippen LogP contribution in [0, 0.1) is 0 Å². The van der Waals surface area contributed by atoms with Crippen LogP contribution in [0.15, 0.2) is 10.7 Å². The van der Waals surface area contributed by atoms with Gasteiger partial charge in [-0.1, -0.05) is 23.4 Å². The van der Waals surface area contributed by atoms with Gasteiger partial charge in [0.1, 0.15) is 4.88 Å². The van der Waals surface area contributed by atoms with E-state index in [1.807, 2.05) is 6.92 Å². The van der Waals surface area contributed by atoms with Crippen LogP contribution in [0.5, 0.6) is 0 Å². The Morgan fingerprint density at radius 1 is 1.62 bits per heavy atom. The monoisotopic (exact) mass is 196 g/mol. The number of thiazole rings is 1. The van der Waals surface area contributed by atoms with Gasteiger partial charge in [-0.3, -0.25) is 0 Å². The molecule has 0 aliphatic heterocycles. The van der Waals surface area contributed by atoms with Gasteiger partial charge in [0.05, 0.1) is 6.20 Å². The zero-order valence-corrected chi connectivity index (χ0v) is 7.84. The largest absolute Gasteiger partial charge is 0.375 e. The highest BCUT2D eigenvalue weighted by molar-refractivity contribution is 7.18. The van der Waals surface area contributed by atoms with Gasteiger partial charge in [-0.15, -0.1) is 0 Å². The fourth-order valence-corrected chi connectivity index (χ4v) is 1.49. The van der Waals surface area contributed by atoms with Crippen molar-refractivity contribution in [3.8, 4) is 10.8 Å². The first-order valence-corrected chi connectivity index (χ1v) is 4.65. The molecule has 6 heteroatoms. The number of nitrogens with two attached hydrogens (primary N) is 1. The van der Waals surface area contributed by atoms with E-state index in [4.69, 9.17) is 10.3 Å². The number of rotatable bonds is 2. The second-order valence-electron chi connectivity index (χ2n) is 2.43. The summed E-state index contributed by atoms with van der Waals surface area (Å²) in [6.07, 6.45) is 2.39. The smallest absolute Gasteiger partial charge is 0.269 e. The fraction of sp³-hybridized carbons (Fsp3) is 0.286. The molecule has 2 heterocycles. The third kappa shape index (κ3) is 1.52. The van der Waals surface area contributed by atoms with Crippen LogP contribution in [0.4, 0.5) is 5.13 Å². The van der Waals surface area contributed by atoms with Crippen LogP contribution in [-0.4, -0.2) is 15.1 Å². The SMILES string of the molecule is CCc1noc(-c2cnc(N)s2)n1. The molecule has 0 saturated carbocycles. The Bertz CT molecular complexity index is 408. The first-order valence-electron chi connectivity index (χ1n) is 3.84. The molecule has 0 spiro atoms. The lowest BCUT2D eigenvalue weighted by Crippen LogP contribution is -1.80. The normalized spacial score (nSPS) is 10.5. The molecule has 0 atom stereocenters. The van der Waals surface area contributed by atoms with E-state index in [9.17, 15) is 0 Å². The van der Waals surface area contributed by atoms with E-state index in [2.05, 4.69) is 15.1 Å². The number of aryl methyl sites for hydroxylation is 1. The maximum atomic E-state index is 5.47. The van der Waals surface area contributed by atoms with Gasteiger partial charge in [-0.25, -0.2) is 4.98 Å². The second-order valence-corrected chi connectivity index (χ2v) is 3.49. The summed E-state index contributed by atoms with van der Waals surface area (Å²) in [5, 5.41) is 4.28. The van der Waals surface area contributed by atoms with Crippen LogP contribution in [0.1, 0.15) is 12.7 Å². The molecule has 13 heavy (non-hydrogen) atoms. The van der Waals surface area contributed by atoms with Crippen LogP contribution < -0.4 is 5.73 Å². The third-order valence-electron chi connectivity index (χ3n) is 1.52. The molecule has 0 fully saturated rings. The lowest BCUT2D eigenvalue weighted by molar-refractivity contribution is 0.424. The minimum absolute atomic E-state index is 0.492. The van der Waals surface area contributed by atoms with E-state index in [0.29, 0.717) is 16.8 Å². The number of nitrogen functional groups attached to an aromatic ring is 1. The molecular formula is C7H8N4OS. The maximum Gasteiger partial charge on any atom is 0.269 e. The van der Waals surface area contributed by atoms with Crippen molar-refractivity contribution in [1.29, 1.82) is 0 Å². The van der Waals surface area contributed by atoms with Gasteiger partial charge in [0, 0.05) is 6.42 Å². The van der Waals surface area contributed by atoms with E-state index in [-0.39, 0.29) is 0 Å². The van der Waals surface area contributed by atoms with E-state index in [1.165, 1.54) is 11.3 Å². The minimum Gasteiger partial charge on any atom is -0.375 e. The van der Waals surface area contributed by atoms with Gasteiger partial charge in [-0.05, 0) is 0 Å². The predicted molar refractivity (Wildman–Crippen MR) is 49.2 cm³/mol. The Morgan fingerprint density at radius 2 is 2.46 bits per heavy atom. The molecular weight excluding hydrogens is 188 g/mol. The Labute approximate surface area is 78.6 Å². The van der Waals surface area contributed by atoms with Crippen molar-refractivity contribution < 1.29 is 4.52 Å². The Balaban J connectivity index is 2.35. The number of hydrogen-bond acceptors (Lipinski definition) is 6. The molecule has 2 rings (SSSR count). The topological polar surface area (TPSA) is 77.8 Å². The average molecular weight is 196 g/mol. The summed E-state index contributed by atoms with van der Waals surface area (Å²) in [6, 6.07) is 0. The van der Waals surface area contributed by atoms with E-state index < -0.39 is 0 Å². The summed E-state index contributed by atoms with van der Waals surface area (Å²) >= 11 is 1.34. The highest BCUT2D eigenvalue weighted by Gasteiger charge is 2.09. The first kappa shape index (κ1) is 8.18. The van der Waals surface area contributed by atoms with Crippen molar-refractivity contribution in [3.63, 3.8) is 0 Å². The quantitative estimate of drug-likeness (QED) is 0.784. The highest BCUT2D eigenvalue weighted by atomic mass is 32.1. The fourth-order valence-electron chi connectivity index (χ4n) is 0.884. The number of nitrogens with zero attached hydrogens (tertiary/aromatic N) is 3. The van der Waals surface area contributed by atoms with Crippen LogP contribution in [0.3, 0.4) is 0 Å². The summed E-state index contributed by atoms with van der Waals surface area (Å²) in [6.45, 7) is 1.97. The molecule has 0 aliphatic carbocycles. The van der Waals surface area contributed by atoms with Crippen LogP contribution >= 0.6 is 11.3 Å². The maximum absolute atomic E-state index is 5.47. The van der Waals surface area contributed by atoms with Gasteiger partial charge in [-0.2, -0.15) is 4.98 Å². The standard InChI is InChI=1S/C7H8N4OS/c1-2-5-10-6(12-11-5)4-3-9-7(8)13-4/h3H,2H2,1H3,(H2,8,9). The number of hydrogen-bond donors (Lipinski definition) is 1. The minimum atomic E-state index is 0.492. The van der Waals surface area contributed by atoms with Crippen LogP contribution in [0.2, 0.25) is 0 Å². The van der Waals surface area contributed by atoms with Crippen molar-refractivity contribution in [2.75, 3.05) is 5.73 Å². The summed E-state index contributed by atoms with van der Waals surface area (Å²) in [7, 11) is 0. The zero-order valence-electron chi connectivity index (χ0n) is 7.02. The predicted octanol–water partition coefficient (Wildman–Crippen LogP) is 1.34. The average Bonchev–Trinajstić information content (AvgIpc) is 2.71. The first-order chi connectivity index (χ1) is 6.29. The molecule has 0 aromatic carbocycles. The summed E-state index contributed by atoms with van der Waals surface area (Å²) in [4.78, 5) is 8.86. The van der Waals surface area contributed by atoms with Crippen molar-refractivity contribution in [2.45, 2.75) is 13.3 Å². The second kappa shape index (κ2) is 3.14. The van der Waals surface area contributed by atoms with Crippen LogP contribution in [0.25, 0.3) is 10.8 Å². The van der Waals surface area contributed by atoms with Gasteiger partial charge in [0.25, 0.3) is 5.89 Å². The Kier molecular flexibility index (Phi) is 1.97. The summed E-state index contributed by atoms with van der Waals surface area (Å²) in [5.41, 5.74) is 5.47. The van der Waals surface area contributed by atoms with E-state index in [0.717, 1.165) is 11.3 Å².